The van der Waals surface area contributed by atoms with Crippen LogP contribution in [0, 0.1) is 6.92 Å². The van der Waals surface area contributed by atoms with Crippen LogP contribution >= 0.6 is 11.8 Å². The van der Waals surface area contributed by atoms with Gasteiger partial charge in [0.15, 0.2) is 0 Å². The fourth-order valence-electron chi connectivity index (χ4n) is 2.40. The molecule has 1 amide bonds. The Labute approximate surface area is 132 Å². The van der Waals surface area contributed by atoms with Gasteiger partial charge in [-0.1, -0.05) is 17.8 Å². The smallest absolute Gasteiger partial charge is 0.235 e. The summed E-state index contributed by atoms with van der Waals surface area (Å²) in [6.07, 6.45) is 0.803. The van der Waals surface area contributed by atoms with Crippen molar-refractivity contribution in [1.29, 1.82) is 0 Å². The standard InChI is InChI=1S/C14H17N5O2S/c1-9-4-5-11(21-3)10(8-9)19-14(15-16-17-19)22-12-6-7-18(2)13(12)20/h4-5,8,12H,6-7H2,1-3H3. The number of hydrogen-bond donors (Lipinski definition) is 0. The minimum atomic E-state index is -0.134. The lowest BCUT2D eigenvalue weighted by molar-refractivity contribution is -0.126. The number of nitrogens with zero attached hydrogens (tertiary/aromatic N) is 5. The highest BCUT2D eigenvalue weighted by Gasteiger charge is 2.31. The van der Waals surface area contributed by atoms with Gasteiger partial charge in [0.1, 0.15) is 11.4 Å². The summed E-state index contributed by atoms with van der Waals surface area (Å²) in [5, 5.41) is 12.3. The summed E-state index contributed by atoms with van der Waals surface area (Å²) in [6.45, 7) is 2.77. The molecule has 0 bridgehead atoms. The van der Waals surface area contributed by atoms with Crippen LogP contribution in [0.2, 0.25) is 0 Å². The monoisotopic (exact) mass is 319 g/mol. The van der Waals surface area contributed by atoms with Gasteiger partial charge >= 0.3 is 0 Å². The van der Waals surface area contributed by atoms with Crippen molar-refractivity contribution < 1.29 is 9.53 Å². The molecule has 1 atom stereocenters. The second kappa shape index (κ2) is 5.96. The lowest BCUT2D eigenvalue weighted by Gasteiger charge is -2.12. The number of methoxy groups -OCH3 is 1. The highest BCUT2D eigenvalue weighted by Crippen LogP contribution is 2.32. The maximum atomic E-state index is 12.1. The van der Waals surface area contributed by atoms with E-state index in [9.17, 15) is 4.79 Å². The van der Waals surface area contributed by atoms with Gasteiger partial charge in [-0.25, -0.2) is 0 Å². The van der Waals surface area contributed by atoms with Crippen LogP contribution in [-0.4, -0.2) is 57.0 Å². The van der Waals surface area contributed by atoms with E-state index >= 15 is 0 Å². The molecule has 0 saturated carbocycles. The number of tetrazole rings is 1. The van der Waals surface area contributed by atoms with Crippen molar-refractivity contribution in [3.8, 4) is 11.4 Å². The number of amides is 1. The number of rotatable bonds is 4. The minimum Gasteiger partial charge on any atom is -0.494 e. The van der Waals surface area contributed by atoms with Crippen LogP contribution < -0.4 is 4.74 Å². The number of likely N-dealkylation sites (tertiary alicyclic amines) is 1. The Hall–Kier alpha value is -2.09. The molecule has 0 radical (unpaired) electrons. The molecule has 22 heavy (non-hydrogen) atoms. The van der Waals surface area contributed by atoms with Crippen LogP contribution in [0.5, 0.6) is 5.75 Å². The van der Waals surface area contributed by atoms with Crippen LogP contribution in [0.25, 0.3) is 5.69 Å². The van der Waals surface area contributed by atoms with E-state index in [0.29, 0.717) is 10.9 Å². The first kappa shape index (κ1) is 14.8. The third-order valence-corrected chi connectivity index (χ3v) is 4.82. The molecule has 1 fully saturated rings. The van der Waals surface area contributed by atoms with Crippen molar-refractivity contribution in [2.24, 2.45) is 0 Å². The van der Waals surface area contributed by atoms with Gasteiger partial charge in [0.2, 0.25) is 11.1 Å². The topological polar surface area (TPSA) is 73.1 Å². The van der Waals surface area contributed by atoms with Crippen LogP contribution in [0.4, 0.5) is 0 Å². The van der Waals surface area contributed by atoms with Crippen molar-refractivity contribution in [3.05, 3.63) is 23.8 Å². The molecule has 1 aliphatic heterocycles. The van der Waals surface area contributed by atoms with E-state index in [0.717, 1.165) is 24.2 Å². The predicted octanol–water partition coefficient (Wildman–Crippen LogP) is 1.30. The van der Waals surface area contributed by atoms with Gasteiger partial charge in [0.05, 0.1) is 12.4 Å². The van der Waals surface area contributed by atoms with Crippen molar-refractivity contribution in [3.63, 3.8) is 0 Å². The first-order valence-corrected chi connectivity index (χ1v) is 7.83. The minimum absolute atomic E-state index is 0.121. The molecule has 0 N–H and O–H groups in total. The number of carbonyl (C=O) groups excluding carboxylic acids is 1. The summed E-state index contributed by atoms with van der Waals surface area (Å²) in [4.78, 5) is 13.8. The molecule has 1 aromatic carbocycles. The lowest BCUT2D eigenvalue weighted by Crippen LogP contribution is -2.24. The molecule has 1 aromatic heterocycles. The summed E-state index contributed by atoms with van der Waals surface area (Å²) in [7, 11) is 3.43. The van der Waals surface area contributed by atoms with Crippen molar-refractivity contribution >= 4 is 17.7 Å². The Morgan fingerprint density at radius 1 is 1.41 bits per heavy atom. The first-order chi connectivity index (χ1) is 10.6. The molecule has 2 heterocycles. The average Bonchev–Trinajstić information content (AvgIpc) is 3.09. The zero-order chi connectivity index (χ0) is 15.7. The van der Waals surface area contributed by atoms with E-state index in [1.807, 2.05) is 32.2 Å². The van der Waals surface area contributed by atoms with Gasteiger partial charge < -0.3 is 9.64 Å². The fourth-order valence-corrected chi connectivity index (χ4v) is 3.47. The van der Waals surface area contributed by atoms with Crippen molar-refractivity contribution in [2.45, 2.75) is 23.8 Å². The van der Waals surface area contributed by atoms with Gasteiger partial charge in [-0.05, 0) is 41.5 Å². The van der Waals surface area contributed by atoms with Gasteiger partial charge in [0, 0.05) is 13.6 Å². The molecule has 116 valence electrons. The highest BCUT2D eigenvalue weighted by atomic mass is 32.2. The summed E-state index contributed by atoms with van der Waals surface area (Å²) in [5.41, 5.74) is 1.85. The Balaban J connectivity index is 1.93. The number of aryl methyl sites for hydroxylation is 1. The van der Waals surface area contributed by atoms with Crippen LogP contribution in [0.3, 0.4) is 0 Å². The third-order valence-electron chi connectivity index (χ3n) is 3.63. The second-order valence-electron chi connectivity index (χ2n) is 5.20. The molecule has 1 saturated heterocycles. The van der Waals surface area contributed by atoms with E-state index in [2.05, 4.69) is 15.5 Å². The molecule has 0 aliphatic carbocycles. The normalized spacial score (nSPS) is 18.0. The lowest BCUT2D eigenvalue weighted by atomic mass is 10.2. The summed E-state index contributed by atoms with van der Waals surface area (Å²) in [6, 6.07) is 5.81. The quantitative estimate of drug-likeness (QED) is 0.846. The fraction of sp³-hybridized carbons (Fsp3) is 0.429. The Morgan fingerprint density at radius 2 is 2.23 bits per heavy atom. The van der Waals surface area contributed by atoms with Crippen LogP contribution in [0.1, 0.15) is 12.0 Å². The van der Waals surface area contributed by atoms with Crippen molar-refractivity contribution in [2.75, 3.05) is 20.7 Å². The molecule has 1 unspecified atom stereocenters. The molecule has 2 aromatic rings. The van der Waals surface area contributed by atoms with Crippen molar-refractivity contribution in [1.82, 2.24) is 25.1 Å². The molecule has 1 aliphatic rings. The SMILES string of the molecule is COc1ccc(C)cc1-n1nnnc1SC1CCN(C)C1=O. The third kappa shape index (κ3) is 2.66. The summed E-state index contributed by atoms with van der Waals surface area (Å²) >= 11 is 1.40. The Kier molecular flexibility index (Phi) is 4.02. The highest BCUT2D eigenvalue weighted by molar-refractivity contribution is 8.00. The maximum Gasteiger partial charge on any atom is 0.235 e. The Bertz CT molecular complexity index is 702. The molecule has 7 nitrogen and oxygen atoms in total. The average molecular weight is 319 g/mol. The summed E-state index contributed by atoms with van der Waals surface area (Å²) in [5.74, 6) is 0.811. The van der Waals surface area contributed by atoms with E-state index in [-0.39, 0.29) is 11.2 Å². The molecule has 3 rings (SSSR count). The zero-order valence-corrected chi connectivity index (χ0v) is 13.5. The first-order valence-electron chi connectivity index (χ1n) is 6.95. The molecular weight excluding hydrogens is 302 g/mol. The van der Waals surface area contributed by atoms with E-state index < -0.39 is 0 Å². The van der Waals surface area contributed by atoms with Gasteiger partial charge in [-0.2, -0.15) is 4.68 Å². The number of carbonyl (C=O) groups is 1. The summed E-state index contributed by atoms with van der Waals surface area (Å²) < 4.78 is 7.01. The zero-order valence-electron chi connectivity index (χ0n) is 12.7. The van der Waals surface area contributed by atoms with E-state index in [4.69, 9.17) is 4.74 Å². The molecular formula is C14H17N5O2S. The largest absolute Gasteiger partial charge is 0.494 e. The number of thioether (sulfide) groups is 1. The number of ether oxygens (including phenoxy) is 1. The van der Waals surface area contributed by atoms with E-state index in [1.54, 1.807) is 16.7 Å². The predicted molar refractivity (Wildman–Crippen MR) is 82.3 cm³/mol. The number of hydrogen-bond acceptors (Lipinski definition) is 6. The Morgan fingerprint density at radius 3 is 2.91 bits per heavy atom. The maximum absolute atomic E-state index is 12.1. The van der Waals surface area contributed by atoms with Gasteiger partial charge in [-0.15, -0.1) is 5.10 Å². The number of aromatic nitrogens is 4. The van der Waals surface area contributed by atoms with Gasteiger partial charge in [0.25, 0.3) is 0 Å². The van der Waals surface area contributed by atoms with Gasteiger partial charge in [-0.3, -0.25) is 4.79 Å². The van der Waals surface area contributed by atoms with Crippen LogP contribution in [0.15, 0.2) is 23.4 Å². The second-order valence-corrected chi connectivity index (χ2v) is 6.37. The van der Waals surface area contributed by atoms with Crippen LogP contribution in [-0.2, 0) is 4.79 Å². The van der Waals surface area contributed by atoms with E-state index in [1.165, 1.54) is 11.8 Å². The number of benzene rings is 1. The molecule has 0 spiro atoms. The molecule has 8 heteroatoms.